The largest absolute Gasteiger partial charge is 0.387 e. The zero-order valence-electron chi connectivity index (χ0n) is 10.9. The fourth-order valence-corrected chi connectivity index (χ4v) is 1.64. The Labute approximate surface area is 94.5 Å². The molecule has 0 aromatic rings. The highest BCUT2D eigenvalue weighted by Gasteiger charge is 2.20. The number of hydrogen-bond donors (Lipinski definition) is 2. The third kappa shape index (κ3) is 6.50. The van der Waals surface area contributed by atoms with Crippen molar-refractivity contribution in [2.45, 2.75) is 40.5 Å². The molecule has 0 saturated carbocycles. The molecule has 0 aliphatic carbocycles. The summed E-state index contributed by atoms with van der Waals surface area (Å²) in [4.78, 5) is 2.35. The van der Waals surface area contributed by atoms with Crippen LogP contribution >= 0.6 is 0 Å². The summed E-state index contributed by atoms with van der Waals surface area (Å²) in [5.41, 5.74) is 5.40. The molecular formula is C12H27N3. The van der Waals surface area contributed by atoms with Crippen LogP contribution in [0.2, 0.25) is 0 Å². The molecule has 0 aromatic carbocycles. The predicted octanol–water partition coefficient (Wildman–Crippen LogP) is 2.32. The van der Waals surface area contributed by atoms with E-state index in [0.717, 1.165) is 31.8 Å². The van der Waals surface area contributed by atoms with Crippen molar-refractivity contribution in [2.24, 2.45) is 17.1 Å². The molecule has 0 unspecified atom stereocenters. The molecule has 0 heterocycles. The van der Waals surface area contributed by atoms with E-state index < -0.39 is 0 Å². The van der Waals surface area contributed by atoms with Gasteiger partial charge >= 0.3 is 0 Å². The minimum atomic E-state index is -0.140. The topological polar surface area (TPSA) is 53.1 Å². The van der Waals surface area contributed by atoms with Crippen molar-refractivity contribution in [1.29, 1.82) is 5.41 Å². The van der Waals surface area contributed by atoms with Crippen LogP contribution in [0.3, 0.4) is 0 Å². The second-order valence-electron chi connectivity index (χ2n) is 5.56. The number of amidine groups is 1. The normalized spacial score (nSPS) is 12.5. The molecule has 0 spiro atoms. The molecule has 0 aliphatic rings. The van der Waals surface area contributed by atoms with Crippen LogP contribution in [0.15, 0.2) is 0 Å². The Morgan fingerprint density at radius 3 is 2.33 bits per heavy atom. The molecule has 0 bridgehead atoms. The van der Waals surface area contributed by atoms with Crippen LogP contribution in [0.1, 0.15) is 40.5 Å². The van der Waals surface area contributed by atoms with Crippen LogP contribution < -0.4 is 5.73 Å². The van der Waals surface area contributed by atoms with E-state index in [0.29, 0.717) is 5.84 Å². The lowest BCUT2D eigenvalue weighted by Gasteiger charge is -2.25. The first-order valence-corrected chi connectivity index (χ1v) is 5.78. The molecule has 0 aromatic heterocycles. The summed E-state index contributed by atoms with van der Waals surface area (Å²) in [6, 6.07) is 0. The number of hydrogen-bond acceptors (Lipinski definition) is 2. The molecule has 0 atom stereocenters. The maximum absolute atomic E-state index is 7.46. The Kier molecular flexibility index (Phi) is 5.88. The molecule has 0 radical (unpaired) electrons. The molecule has 0 aliphatic heterocycles. The van der Waals surface area contributed by atoms with E-state index in [1.807, 2.05) is 13.8 Å². The first kappa shape index (κ1) is 14.4. The highest BCUT2D eigenvalue weighted by molar-refractivity contribution is 5.82. The lowest BCUT2D eigenvalue weighted by atomic mass is 9.86. The Morgan fingerprint density at radius 2 is 1.93 bits per heavy atom. The van der Waals surface area contributed by atoms with Gasteiger partial charge in [-0.05, 0) is 32.4 Å². The second-order valence-corrected chi connectivity index (χ2v) is 5.56. The maximum Gasteiger partial charge on any atom is 0.0963 e. The molecule has 15 heavy (non-hydrogen) atoms. The summed E-state index contributed by atoms with van der Waals surface area (Å²) in [6.07, 6.45) is 2.10. The fraction of sp³-hybridized carbons (Fsp3) is 0.917. The van der Waals surface area contributed by atoms with Crippen molar-refractivity contribution in [2.75, 3.05) is 20.1 Å². The van der Waals surface area contributed by atoms with Crippen molar-refractivity contribution < 1.29 is 0 Å². The van der Waals surface area contributed by atoms with Gasteiger partial charge in [-0.25, -0.2) is 0 Å². The smallest absolute Gasteiger partial charge is 0.0963 e. The van der Waals surface area contributed by atoms with Crippen molar-refractivity contribution in [3.05, 3.63) is 0 Å². The van der Waals surface area contributed by atoms with Crippen LogP contribution in [-0.2, 0) is 0 Å². The van der Waals surface area contributed by atoms with Crippen molar-refractivity contribution >= 4 is 5.84 Å². The quantitative estimate of drug-likeness (QED) is 0.504. The van der Waals surface area contributed by atoms with E-state index in [1.54, 1.807) is 0 Å². The summed E-state index contributed by atoms with van der Waals surface area (Å²) in [5.74, 6) is 1.02. The molecule has 0 saturated heterocycles. The molecule has 3 N–H and O–H groups in total. The van der Waals surface area contributed by atoms with Crippen molar-refractivity contribution in [3.8, 4) is 0 Å². The molecule has 0 rings (SSSR count). The summed E-state index contributed by atoms with van der Waals surface area (Å²) < 4.78 is 0. The average molecular weight is 213 g/mol. The van der Waals surface area contributed by atoms with Crippen LogP contribution in [0.25, 0.3) is 0 Å². The molecule has 0 amide bonds. The monoisotopic (exact) mass is 213 g/mol. The highest BCUT2D eigenvalue weighted by atomic mass is 15.1. The van der Waals surface area contributed by atoms with Gasteiger partial charge in [0.15, 0.2) is 0 Å². The minimum absolute atomic E-state index is 0.140. The number of nitrogens with two attached hydrogens (primary N) is 1. The van der Waals surface area contributed by atoms with Gasteiger partial charge in [0.2, 0.25) is 0 Å². The minimum Gasteiger partial charge on any atom is -0.387 e. The summed E-state index contributed by atoms with van der Waals surface area (Å²) in [6.45, 7) is 10.8. The number of nitrogens with one attached hydrogen (secondary N) is 1. The second kappa shape index (κ2) is 6.11. The van der Waals surface area contributed by atoms with Gasteiger partial charge in [-0.3, -0.25) is 5.41 Å². The Balaban J connectivity index is 3.74. The average Bonchev–Trinajstić information content (AvgIpc) is 2.01. The van der Waals surface area contributed by atoms with E-state index in [4.69, 9.17) is 11.1 Å². The standard InChI is InChI=1S/C12H27N3/c1-10(2)9-15(5)8-6-7-12(3,4)11(13)14/h10H,6-9H2,1-5H3,(H3,13,14). The zero-order chi connectivity index (χ0) is 12.1. The Hall–Kier alpha value is -0.570. The predicted molar refractivity (Wildman–Crippen MR) is 67.3 cm³/mol. The summed E-state index contributed by atoms with van der Waals surface area (Å²) in [7, 11) is 2.15. The van der Waals surface area contributed by atoms with Gasteiger partial charge in [-0.15, -0.1) is 0 Å². The van der Waals surface area contributed by atoms with Gasteiger partial charge in [0.05, 0.1) is 5.84 Å². The number of rotatable bonds is 7. The fourth-order valence-electron chi connectivity index (χ4n) is 1.64. The van der Waals surface area contributed by atoms with Gasteiger partial charge in [-0.1, -0.05) is 27.7 Å². The van der Waals surface area contributed by atoms with Crippen molar-refractivity contribution in [1.82, 2.24) is 4.90 Å². The molecule has 3 heteroatoms. The van der Waals surface area contributed by atoms with Gasteiger partial charge in [0, 0.05) is 12.0 Å². The lowest BCUT2D eigenvalue weighted by Crippen LogP contribution is -2.32. The summed E-state index contributed by atoms with van der Waals surface area (Å²) >= 11 is 0. The Morgan fingerprint density at radius 1 is 1.40 bits per heavy atom. The van der Waals surface area contributed by atoms with E-state index in [9.17, 15) is 0 Å². The van der Waals surface area contributed by atoms with E-state index in [2.05, 4.69) is 25.8 Å². The SMILES string of the molecule is CC(C)CN(C)CCCC(C)(C)C(=N)N. The zero-order valence-corrected chi connectivity index (χ0v) is 10.9. The van der Waals surface area contributed by atoms with E-state index >= 15 is 0 Å². The van der Waals surface area contributed by atoms with E-state index in [-0.39, 0.29) is 5.41 Å². The van der Waals surface area contributed by atoms with Gasteiger partial charge in [0.1, 0.15) is 0 Å². The molecule has 3 nitrogen and oxygen atoms in total. The third-order valence-electron chi connectivity index (χ3n) is 2.75. The molecule has 90 valence electrons. The van der Waals surface area contributed by atoms with Crippen LogP contribution in [0.4, 0.5) is 0 Å². The van der Waals surface area contributed by atoms with Gasteiger partial charge in [-0.2, -0.15) is 0 Å². The lowest BCUT2D eigenvalue weighted by molar-refractivity contribution is 0.277. The maximum atomic E-state index is 7.46. The van der Waals surface area contributed by atoms with Crippen LogP contribution in [0.5, 0.6) is 0 Å². The first-order chi connectivity index (χ1) is 6.75. The van der Waals surface area contributed by atoms with Crippen LogP contribution in [-0.4, -0.2) is 30.9 Å². The molecular weight excluding hydrogens is 186 g/mol. The first-order valence-electron chi connectivity index (χ1n) is 5.78. The molecule has 0 fully saturated rings. The summed E-state index contributed by atoms with van der Waals surface area (Å²) in [5, 5.41) is 7.46. The Bertz CT molecular complexity index is 197. The number of nitrogens with zero attached hydrogens (tertiary/aromatic N) is 1. The van der Waals surface area contributed by atoms with E-state index in [1.165, 1.54) is 0 Å². The van der Waals surface area contributed by atoms with Gasteiger partial charge in [0.25, 0.3) is 0 Å². The highest BCUT2D eigenvalue weighted by Crippen LogP contribution is 2.21. The van der Waals surface area contributed by atoms with Gasteiger partial charge < -0.3 is 10.6 Å². The van der Waals surface area contributed by atoms with Crippen molar-refractivity contribution in [3.63, 3.8) is 0 Å². The third-order valence-corrected chi connectivity index (χ3v) is 2.75. The van der Waals surface area contributed by atoms with Crippen LogP contribution in [0, 0.1) is 16.7 Å².